The first-order valence-corrected chi connectivity index (χ1v) is 6.96. The van der Waals surface area contributed by atoms with Crippen LogP contribution in [-0.2, 0) is 0 Å². The third kappa shape index (κ3) is 3.85. The highest BCUT2D eigenvalue weighted by atomic mass is 16.5. The SMILES string of the molecule is CCOc1ccc(C(CN)N(CC)CC)cc1OC. The fourth-order valence-corrected chi connectivity index (χ4v) is 2.33. The molecule has 4 nitrogen and oxygen atoms in total. The molecule has 0 saturated carbocycles. The van der Waals surface area contributed by atoms with Gasteiger partial charge in [-0.25, -0.2) is 0 Å². The molecule has 0 saturated heterocycles. The van der Waals surface area contributed by atoms with E-state index in [1.807, 2.05) is 19.1 Å². The molecule has 1 aromatic carbocycles. The van der Waals surface area contributed by atoms with Crippen molar-refractivity contribution in [2.75, 3.05) is 33.4 Å². The van der Waals surface area contributed by atoms with E-state index in [4.69, 9.17) is 15.2 Å². The molecule has 0 aliphatic heterocycles. The van der Waals surface area contributed by atoms with Gasteiger partial charge in [-0.1, -0.05) is 19.9 Å². The Morgan fingerprint density at radius 3 is 2.32 bits per heavy atom. The number of rotatable bonds is 8. The molecule has 2 N–H and O–H groups in total. The second kappa shape index (κ2) is 8.02. The predicted molar refractivity (Wildman–Crippen MR) is 78.9 cm³/mol. The summed E-state index contributed by atoms with van der Waals surface area (Å²) in [6, 6.07) is 6.29. The van der Waals surface area contributed by atoms with Gasteiger partial charge in [0.1, 0.15) is 0 Å². The average Bonchev–Trinajstić information content (AvgIpc) is 2.45. The van der Waals surface area contributed by atoms with Crippen LogP contribution in [0.25, 0.3) is 0 Å². The summed E-state index contributed by atoms with van der Waals surface area (Å²) in [6.07, 6.45) is 0. The third-order valence-electron chi connectivity index (χ3n) is 3.35. The summed E-state index contributed by atoms with van der Waals surface area (Å²) in [6.45, 7) is 9.45. The Bertz CT molecular complexity index is 378. The topological polar surface area (TPSA) is 47.7 Å². The van der Waals surface area contributed by atoms with Crippen molar-refractivity contribution in [3.05, 3.63) is 23.8 Å². The van der Waals surface area contributed by atoms with Crippen molar-refractivity contribution in [1.82, 2.24) is 4.90 Å². The second-order valence-electron chi connectivity index (χ2n) is 4.32. The van der Waals surface area contributed by atoms with Crippen LogP contribution >= 0.6 is 0 Å². The third-order valence-corrected chi connectivity index (χ3v) is 3.35. The standard InChI is InChI=1S/C15H26N2O2/c1-5-17(6-2)13(11-16)12-8-9-14(19-7-3)15(10-12)18-4/h8-10,13H,5-7,11,16H2,1-4H3. The van der Waals surface area contributed by atoms with Gasteiger partial charge < -0.3 is 15.2 Å². The Hall–Kier alpha value is -1.26. The fraction of sp³-hybridized carbons (Fsp3) is 0.600. The van der Waals surface area contributed by atoms with Crippen molar-refractivity contribution in [1.29, 1.82) is 0 Å². The van der Waals surface area contributed by atoms with E-state index in [0.29, 0.717) is 13.2 Å². The summed E-state index contributed by atoms with van der Waals surface area (Å²) in [5.74, 6) is 1.55. The normalized spacial score (nSPS) is 12.5. The first-order chi connectivity index (χ1) is 9.21. The Labute approximate surface area is 116 Å². The van der Waals surface area contributed by atoms with Gasteiger partial charge in [0.15, 0.2) is 11.5 Å². The first-order valence-electron chi connectivity index (χ1n) is 6.96. The van der Waals surface area contributed by atoms with Crippen molar-refractivity contribution in [3.8, 4) is 11.5 Å². The van der Waals surface area contributed by atoms with Gasteiger partial charge >= 0.3 is 0 Å². The van der Waals surface area contributed by atoms with E-state index in [1.165, 1.54) is 5.56 Å². The van der Waals surface area contributed by atoms with Crippen molar-refractivity contribution >= 4 is 0 Å². The van der Waals surface area contributed by atoms with Gasteiger partial charge in [-0.3, -0.25) is 4.90 Å². The molecule has 1 atom stereocenters. The molecule has 0 amide bonds. The monoisotopic (exact) mass is 266 g/mol. The molecule has 0 heterocycles. The van der Waals surface area contributed by atoms with Gasteiger partial charge in [0, 0.05) is 12.6 Å². The zero-order valence-corrected chi connectivity index (χ0v) is 12.5. The van der Waals surface area contributed by atoms with Crippen molar-refractivity contribution in [3.63, 3.8) is 0 Å². The lowest BCUT2D eigenvalue weighted by Gasteiger charge is -2.29. The second-order valence-corrected chi connectivity index (χ2v) is 4.32. The number of ether oxygens (including phenoxy) is 2. The van der Waals surface area contributed by atoms with Gasteiger partial charge in [0.25, 0.3) is 0 Å². The zero-order valence-electron chi connectivity index (χ0n) is 12.5. The summed E-state index contributed by atoms with van der Waals surface area (Å²) >= 11 is 0. The van der Waals surface area contributed by atoms with Gasteiger partial charge in [-0.2, -0.15) is 0 Å². The van der Waals surface area contributed by atoms with Crippen molar-refractivity contribution < 1.29 is 9.47 Å². The molecule has 0 radical (unpaired) electrons. The maximum absolute atomic E-state index is 5.93. The van der Waals surface area contributed by atoms with Crippen LogP contribution in [0.5, 0.6) is 11.5 Å². The predicted octanol–water partition coefficient (Wildman–Crippen LogP) is 2.44. The number of methoxy groups -OCH3 is 1. The summed E-state index contributed by atoms with van der Waals surface area (Å²) in [7, 11) is 1.66. The van der Waals surface area contributed by atoms with Crippen LogP contribution in [0.1, 0.15) is 32.4 Å². The van der Waals surface area contributed by atoms with Crippen LogP contribution in [0.15, 0.2) is 18.2 Å². The van der Waals surface area contributed by atoms with E-state index in [2.05, 4.69) is 24.8 Å². The van der Waals surface area contributed by atoms with Gasteiger partial charge in [-0.05, 0) is 37.7 Å². The smallest absolute Gasteiger partial charge is 0.161 e. The molecule has 0 fully saturated rings. The summed E-state index contributed by atoms with van der Waals surface area (Å²) in [5, 5.41) is 0. The molecule has 0 aliphatic rings. The molecule has 1 rings (SSSR count). The quantitative estimate of drug-likeness (QED) is 0.785. The van der Waals surface area contributed by atoms with Gasteiger partial charge in [0.05, 0.1) is 13.7 Å². The molecule has 1 unspecified atom stereocenters. The highest BCUT2D eigenvalue weighted by Gasteiger charge is 2.18. The van der Waals surface area contributed by atoms with Crippen molar-refractivity contribution in [2.24, 2.45) is 5.73 Å². The largest absolute Gasteiger partial charge is 0.493 e. The number of hydrogen-bond acceptors (Lipinski definition) is 4. The van der Waals surface area contributed by atoms with E-state index < -0.39 is 0 Å². The van der Waals surface area contributed by atoms with Crippen LogP contribution in [0.4, 0.5) is 0 Å². The van der Waals surface area contributed by atoms with Crippen LogP contribution < -0.4 is 15.2 Å². The lowest BCUT2D eigenvalue weighted by molar-refractivity contribution is 0.223. The Morgan fingerprint density at radius 1 is 1.16 bits per heavy atom. The van der Waals surface area contributed by atoms with E-state index in [0.717, 1.165) is 24.6 Å². The summed E-state index contributed by atoms with van der Waals surface area (Å²) in [5.41, 5.74) is 7.10. The number of nitrogens with zero attached hydrogens (tertiary/aromatic N) is 1. The summed E-state index contributed by atoms with van der Waals surface area (Å²) < 4.78 is 10.9. The molecular formula is C15H26N2O2. The van der Waals surface area contributed by atoms with Gasteiger partial charge in [0.2, 0.25) is 0 Å². The van der Waals surface area contributed by atoms with E-state index in [9.17, 15) is 0 Å². The van der Waals surface area contributed by atoms with Gasteiger partial charge in [-0.15, -0.1) is 0 Å². The molecule has 0 spiro atoms. The fourth-order valence-electron chi connectivity index (χ4n) is 2.33. The van der Waals surface area contributed by atoms with E-state index >= 15 is 0 Å². The molecule has 108 valence electrons. The lowest BCUT2D eigenvalue weighted by Crippen LogP contribution is -2.33. The number of likely N-dealkylation sites (N-methyl/N-ethyl adjacent to an activating group) is 1. The maximum Gasteiger partial charge on any atom is 0.161 e. The highest BCUT2D eigenvalue weighted by Crippen LogP contribution is 2.31. The minimum Gasteiger partial charge on any atom is -0.493 e. The molecular weight excluding hydrogens is 240 g/mol. The first kappa shape index (κ1) is 15.8. The van der Waals surface area contributed by atoms with Crippen LogP contribution in [0, 0.1) is 0 Å². The molecule has 19 heavy (non-hydrogen) atoms. The zero-order chi connectivity index (χ0) is 14.3. The molecule has 0 aromatic heterocycles. The van der Waals surface area contributed by atoms with Crippen LogP contribution in [0.3, 0.4) is 0 Å². The number of benzene rings is 1. The molecule has 1 aromatic rings. The number of hydrogen-bond donors (Lipinski definition) is 1. The minimum atomic E-state index is 0.222. The maximum atomic E-state index is 5.93. The highest BCUT2D eigenvalue weighted by molar-refractivity contribution is 5.44. The Kier molecular flexibility index (Phi) is 6.67. The van der Waals surface area contributed by atoms with Crippen LogP contribution in [-0.4, -0.2) is 38.3 Å². The number of nitrogens with two attached hydrogens (primary N) is 1. The molecule has 4 heteroatoms. The van der Waals surface area contributed by atoms with Crippen LogP contribution in [0.2, 0.25) is 0 Å². The molecule has 0 aliphatic carbocycles. The van der Waals surface area contributed by atoms with E-state index in [1.54, 1.807) is 7.11 Å². The van der Waals surface area contributed by atoms with Crippen molar-refractivity contribution in [2.45, 2.75) is 26.8 Å². The Morgan fingerprint density at radius 2 is 1.84 bits per heavy atom. The summed E-state index contributed by atoms with van der Waals surface area (Å²) in [4.78, 5) is 2.34. The molecule has 0 bridgehead atoms. The van der Waals surface area contributed by atoms with E-state index in [-0.39, 0.29) is 6.04 Å². The Balaban J connectivity index is 3.04. The minimum absolute atomic E-state index is 0.222. The average molecular weight is 266 g/mol. The lowest BCUT2D eigenvalue weighted by atomic mass is 10.0.